The number of fused-ring (bicyclic) bond motifs is 1. The molecule has 10 heteroatoms. The van der Waals surface area contributed by atoms with Crippen molar-refractivity contribution in [2.24, 2.45) is 4.99 Å². The molecule has 1 aliphatic heterocycles. The van der Waals surface area contributed by atoms with Gasteiger partial charge in [0.15, 0.2) is 17.5 Å². The molecule has 2 N–H and O–H groups in total. The molecule has 1 aliphatic rings. The van der Waals surface area contributed by atoms with Crippen molar-refractivity contribution in [3.8, 4) is 17.2 Å². The van der Waals surface area contributed by atoms with Gasteiger partial charge in [-0.15, -0.1) is 0 Å². The molecule has 0 atom stereocenters. The van der Waals surface area contributed by atoms with Crippen molar-refractivity contribution in [2.75, 3.05) is 27.9 Å². The molecule has 1 heterocycles. The molecule has 0 aliphatic carbocycles. The fourth-order valence-electron chi connectivity index (χ4n) is 2.92. The SMILES string of the molecule is CN=C(NCc1ccc(C(=O)N(C)C)cc1)NCc1cc2c(cc1OC(F)F)OCO2. The molecule has 0 saturated heterocycles. The van der Waals surface area contributed by atoms with Gasteiger partial charge in [-0.1, -0.05) is 12.1 Å². The van der Waals surface area contributed by atoms with Crippen molar-refractivity contribution in [3.63, 3.8) is 0 Å². The molecule has 0 bridgehead atoms. The van der Waals surface area contributed by atoms with E-state index in [0.717, 1.165) is 5.56 Å². The third-order valence-electron chi connectivity index (χ3n) is 4.51. The summed E-state index contributed by atoms with van der Waals surface area (Å²) in [4.78, 5) is 17.6. The van der Waals surface area contributed by atoms with Crippen LogP contribution >= 0.6 is 0 Å². The van der Waals surface area contributed by atoms with Gasteiger partial charge in [-0.05, 0) is 23.8 Å². The van der Waals surface area contributed by atoms with Crippen LogP contribution in [0.4, 0.5) is 8.78 Å². The van der Waals surface area contributed by atoms with Crippen molar-refractivity contribution in [1.82, 2.24) is 15.5 Å². The highest BCUT2D eigenvalue weighted by Crippen LogP contribution is 2.38. The van der Waals surface area contributed by atoms with E-state index in [2.05, 4.69) is 20.4 Å². The second-order valence-electron chi connectivity index (χ2n) is 6.87. The molecule has 31 heavy (non-hydrogen) atoms. The van der Waals surface area contributed by atoms with Crippen molar-refractivity contribution in [2.45, 2.75) is 19.7 Å². The van der Waals surface area contributed by atoms with Gasteiger partial charge in [-0.3, -0.25) is 9.79 Å². The van der Waals surface area contributed by atoms with Gasteiger partial charge in [0, 0.05) is 51.4 Å². The van der Waals surface area contributed by atoms with Crippen molar-refractivity contribution >= 4 is 11.9 Å². The van der Waals surface area contributed by atoms with Gasteiger partial charge >= 0.3 is 6.61 Å². The molecular formula is C21H24F2N4O4. The third kappa shape index (κ3) is 5.74. The number of nitrogens with zero attached hydrogens (tertiary/aromatic N) is 2. The van der Waals surface area contributed by atoms with Crippen molar-refractivity contribution < 1.29 is 27.8 Å². The van der Waals surface area contributed by atoms with Crippen LogP contribution in [0.2, 0.25) is 0 Å². The van der Waals surface area contributed by atoms with Crippen LogP contribution in [0.5, 0.6) is 17.2 Å². The van der Waals surface area contributed by atoms with E-state index in [1.54, 1.807) is 39.3 Å². The summed E-state index contributed by atoms with van der Waals surface area (Å²) in [7, 11) is 5.00. The number of ether oxygens (including phenoxy) is 3. The number of halogens is 2. The van der Waals surface area contributed by atoms with E-state index in [-0.39, 0.29) is 25.0 Å². The Bertz CT molecular complexity index is 949. The van der Waals surface area contributed by atoms with Gasteiger partial charge in [-0.2, -0.15) is 8.78 Å². The Morgan fingerprint density at radius 1 is 1.13 bits per heavy atom. The maximum Gasteiger partial charge on any atom is 0.387 e. The van der Waals surface area contributed by atoms with E-state index < -0.39 is 6.61 Å². The Morgan fingerprint density at radius 3 is 2.39 bits per heavy atom. The summed E-state index contributed by atoms with van der Waals surface area (Å²) in [5.41, 5.74) is 2.02. The number of amides is 1. The van der Waals surface area contributed by atoms with Crippen LogP contribution in [0.1, 0.15) is 21.5 Å². The molecule has 2 aromatic rings. The Labute approximate surface area is 178 Å². The zero-order chi connectivity index (χ0) is 22.4. The first-order chi connectivity index (χ1) is 14.9. The fraction of sp³-hybridized carbons (Fsp3) is 0.333. The molecule has 1 amide bonds. The van der Waals surface area contributed by atoms with E-state index in [9.17, 15) is 13.6 Å². The van der Waals surface area contributed by atoms with Crippen LogP contribution in [0.3, 0.4) is 0 Å². The largest absolute Gasteiger partial charge is 0.454 e. The van der Waals surface area contributed by atoms with E-state index in [1.165, 1.54) is 11.0 Å². The second-order valence-corrected chi connectivity index (χ2v) is 6.87. The summed E-state index contributed by atoms with van der Waals surface area (Å²) in [5, 5.41) is 6.20. The van der Waals surface area contributed by atoms with Crippen LogP contribution < -0.4 is 24.8 Å². The van der Waals surface area contributed by atoms with Gasteiger partial charge < -0.3 is 29.7 Å². The predicted molar refractivity (Wildman–Crippen MR) is 111 cm³/mol. The number of carbonyl (C=O) groups is 1. The molecule has 8 nitrogen and oxygen atoms in total. The zero-order valence-corrected chi connectivity index (χ0v) is 17.4. The summed E-state index contributed by atoms with van der Waals surface area (Å²) < 4.78 is 40.7. The number of carbonyl (C=O) groups excluding carboxylic acids is 1. The second kappa shape index (κ2) is 9.96. The number of aliphatic imine (C=N–C) groups is 1. The first-order valence-corrected chi connectivity index (χ1v) is 9.50. The molecule has 0 spiro atoms. The Balaban J connectivity index is 1.60. The lowest BCUT2D eigenvalue weighted by atomic mass is 10.1. The lowest BCUT2D eigenvalue weighted by molar-refractivity contribution is -0.0505. The van der Waals surface area contributed by atoms with E-state index >= 15 is 0 Å². The van der Waals surface area contributed by atoms with Gasteiger partial charge in [0.2, 0.25) is 6.79 Å². The van der Waals surface area contributed by atoms with E-state index in [1.807, 2.05) is 12.1 Å². The van der Waals surface area contributed by atoms with E-state index in [4.69, 9.17) is 9.47 Å². The van der Waals surface area contributed by atoms with Gasteiger partial charge in [0.25, 0.3) is 5.91 Å². The number of benzene rings is 2. The highest BCUT2D eigenvalue weighted by Gasteiger charge is 2.20. The monoisotopic (exact) mass is 434 g/mol. The lowest BCUT2D eigenvalue weighted by Gasteiger charge is -2.15. The van der Waals surface area contributed by atoms with Crippen LogP contribution in [0.25, 0.3) is 0 Å². The summed E-state index contributed by atoms with van der Waals surface area (Å²) in [6, 6.07) is 10.2. The van der Waals surface area contributed by atoms with Crippen molar-refractivity contribution in [3.05, 3.63) is 53.1 Å². The third-order valence-corrected chi connectivity index (χ3v) is 4.51. The molecule has 0 aromatic heterocycles. The quantitative estimate of drug-likeness (QED) is 0.515. The minimum Gasteiger partial charge on any atom is -0.454 e. The lowest BCUT2D eigenvalue weighted by Crippen LogP contribution is -2.36. The predicted octanol–water partition coefficient (Wildman–Crippen LogP) is 2.58. The molecule has 0 radical (unpaired) electrons. The first-order valence-electron chi connectivity index (χ1n) is 9.50. The molecule has 0 fully saturated rings. The van der Waals surface area contributed by atoms with Gasteiger partial charge in [0.1, 0.15) is 5.75 Å². The van der Waals surface area contributed by atoms with Crippen LogP contribution in [0, 0.1) is 0 Å². The number of hydrogen-bond donors (Lipinski definition) is 2. The number of alkyl halides is 2. The summed E-state index contributed by atoms with van der Waals surface area (Å²) >= 11 is 0. The molecule has 166 valence electrons. The van der Waals surface area contributed by atoms with Crippen LogP contribution in [0.15, 0.2) is 41.4 Å². The summed E-state index contributed by atoms with van der Waals surface area (Å²) in [6.45, 7) is -2.30. The highest BCUT2D eigenvalue weighted by molar-refractivity contribution is 5.93. The zero-order valence-electron chi connectivity index (χ0n) is 17.4. The standard InChI is InChI=1S/C21H24F2N4O4/c1-24-21(25-10-13-4-6-14(7-5-13)19(28)27(2)3)26-11-15-8-17-18(30-12-29-17)9-16(15)31-20(22)23/h4-9,20H,10-12H2,1-3H3,(H2,24,25,26). The maximum atomic E-state index is 12.8. The molecule has 3 rings (SSSR count). The van der Waals surface area contributed by atoms with Crippen molar-refractivity contribution in [1.29, 1.82) is 0 Å². The van der Waals surface area contributed by atoms with Gasteiger partial charge in [-0.25, -0.2) is 0 Å². The average molecular weight is 434 g/mol. The fourth-order valence-corrected chi connectivity index (χ4v) is 2.92. The number of rotatable bonds is 7. The Hall–Kier alpha value is -3.56. The molecule has 0 saturated carbocycles. The highest BCUT2D eigenvalue weighted by atomic mass is 19.3. The topological polar surface area (TPSA) is 84.4 Å². The van der Waals surface area contributed by atoms with Crippen LogP contribution in [-0.2, 0) is 13.1 Å². The van der Waals surface area contributed by atoms with Crippen LogP contribution in [-0.4, -0.2) is 51.3 Å². The number of nitrogens with one attached hydrogen (secondary N) is 2. The minimum atomic E-state index is -2.96. The Morgan fingerprint density at radius 2 is 1.77 bits per heavy atom. The average Bonchev–Trinajstić information content (AvgIpc) is 3.20. The number of hydrogen-bond acceptors (Lipinski definition) is 5. The van der Waals surface area contributed by atoms with Gasteiger partial charge in [0.05, 0.1) is 0 Å². The Kier molecular flexibility index (Phi) is 7.11. The molecule has 0 unspecified atom stereocenters. The molecular weight excluding hydrogens is 410 g/mol. The summed E-state index contributed by atoms with van der Waals surface area (Å²) in [5.74, 6) is 1.23. The molecule has 2 aromatic carbocycles. The van der Waals surface area contributed by atoms with E-state index in [0.29, 0.717) is 35.1 Å². The smallest absolute Gasteiger partial charge is 0.387 e. The first kappa shape index (κ1) is 22.1. The maximum absolute atomic E-state index is 12.8. The summed E-state index contributed by atoms with van der Waals surface area (Å²) in [6.07, 6.45) is 0. The number of guanidine groups is 1. The minimum absolute atomic E-state index is 0.00310. The normalized spacial score (nSPS) is 12.6.